The molecule has 2 aromatic rings. The molecule has 0 spiro atoms. The monoisotopic (exact) mass is 410 g/mol. The Bertz CT molecular complexity index is 863. The van der Waals surface area contributed by atoms with Crippen molar-refractivity contribution in [3.05, 3.63) is 53.7 Å². The Morgan fingerprint density at radius 3 is 2.46 bits per heavy atom. The molecule has 0 radical (unpaired) electrons. The first-order valence-electron chi connectivity index (χ1n) is 8.05. The van der Waals surface area contributed by atoms with Crippen LogP contribution in [0.2, 0.25) is 0 Å². The van der Waals surface area contributed by atoms with Crippen LogP contribution in [0.1, 0.15) is 27.6 Å². The third-order valence-electron chi connectivity index (χ3n) is 3.22. The van der Waals surface area contributed by atoms with E-state index in [1.54, 1.807) is 19.1 Å². The molecule has 1 aromatic heterocycles. The summed E-state index contributed by atoms with van der Waals surface area (Å²) in [6.07, 6.45) is 1.26. The zero-order valence-corrected chi connectivity index (χ0v) is 15.5. The third-order valence-corrected chi connectivity index (χ3v) is 3.95. The van der Waals surface area contributed by atoms with Gasteiger partial charge in [0.2, 0.25) is 0 Å². The number of nitrogens with zero attached hydrogens (tertiary/aromatic N) is 1. The number of anilines is 1. The van der Waals surface area contributed by atoms with E-state index in [0.717, 1.165) is 0 Å². The number of pyridine rings is 1. The fraction of sp³-hybridized carbons (Fsp3) is 0.222. The molecule has 0 aliphatic heterocycles. The van der Waals surface area contributed by atoms with Crippen LogP contribution < -0.4 is 5.32 Å². The van der Waals surface area contributed by atoms with Crippen LogP contribution in [0.4, 0.5) is 14.5 Å². The number of esters is 2. The number of hydrogen-bond acceptors (Lipinski definition) is 7. The van der Waals surface area contributed by atoms with Crippen molar-refractivity contribution in [2.45, 2.75) is 17.7 Å². The fourth-order valence-corrected chi connectivity index (χ4v) is 2.67. The molecular formula is C18H16F2N2O5S. The predicted molar refractivity (Wildman–Crippen MR) is 97.4 cm³/mol. The van der Waals surface area contributed by atoms with E-state index in [0.29, 0.717) is 0 Å². The molecule has 1 amide bonds. The van der Waals surface area contributed by atoms with Crippen molar-refractivity contribution in [1.82, 2.24) is 4.98 Å². The summed E-state index contributed by atoms with van der Waals surface area (Å²) in [6.45, 7) is 1.14. The number of thioether (sulfide) groups is 1. The van der Waals surface area contributed by atoms with Gasteiger partial charge in [0.15, 0.2) is 6.61 Å². The number of hydrogen-bond donors (Lipinski definition) is 1. The van der Waals surface area contributed by atoms with Crippen molar-refractivity contribution in [2.75, 3.05) is 18.5 Å². The largest absolute Gasteiger partial charge is 0.462 e. The van der Waals surface area contributed by atoms with E-state index in [9.17, 15) is 23.2 Å². The molecule has 2 rings (SSSR count). The van der Waals surface area contributed by atoms with Crippen molar-refractivity contribution >= 4 is 35.3 Å². The Kier molecular flexibility index (Phi) is 7.88. The van der Waals surface area contributed by atoms with Gasteiger partial charge in [0.05, 0.1) is 23.4 Å². The molecule has 28 heavy (non-hydrogen) atoms. The second-order valence-corrected chi connectivity index (χ2v) is 6.10. The third kappa shape index (κ3) is 6.02. The van der Waals surface area contributed by atoms with Gasteiger partial charge in [-0.25, -0.2) is 14.6 Å². The van der Waals surface area contributed by atoms with Gasteiger partial charge in [-0.2, -0.15) is 8.78 Å². The van der Waals surface area contributed by atoms with Crippen molar-refractivity contribution in [3.63, 3.8) is 0 Å². The maximum Gasteiger partial charge on any atom is 0.341 e. The van der Waals surface area contributed by atoms with Gasteiger partial charge in [-0.15, -0.1) is 0 Å². The topological polar surface area (TPSA) is 94.6 Å². The zero-order valence-electron chi connectivity index (χ0n) is 14.7. The van der Waals surface area contributed by atoms with Gasteiger partial charge in [0, 0.05) is 6.20 Å². The highest BCUT2D eigenvalue weighted by Crippen LogP contribution is 2.26. The lowest BCUT2D eigenvalue weighted by molar-refractivity contribution is -0.119. The minimum absolute atomic E-state index is 0.103. The lowest BCUT2D eigenvalue weighted by Crippen LogP contribution is -2.22. The summed E-state index contributed by atoms with van der Waals surface area (Å²) < 4.78 is 34.9. The molecule has 0 unspecified atom stereocenters. The Morgan fingerprint density at radius 1 is 1.07 bits per heavy atom. The van der Waals surface area contributed by atoms with Crippen molar-refractivity contribution in [3.8, 4) is 0 Å². The molecule has 0 bridgehead atoms. The molecule has 0 fully saturated rings. The van der Waals surface area contributed by atoms with Crippen LogP contribution in [-0.2, 0) is 14.3 Å². The van der Waals surface area contributed by atoms with Crippen molar-refractivity contribution in [2.24, 2.45) is 0 Å². The number of para-hydroxylation sites is 1. The van der Waals surface area contributed by atoms with Crippen LogP contribution in [0.3, 0.4) is 0 Å². The van der Waals surface area contributed by atoms with Crippen LogP contribution in [0.5, 0.6) is 0 Å². The van der Waals surface area contributed by atoms with Gasteiger partial charge >= 0.3 is 11.9 Å². The van der Waals surface area contributed by atoms with E-state index in [-0.39, 0.29) is 40.2 Å². The quantitative estimate of drug-likeness (QED) is 0.527. The summed E-state index contributed by atoms with van der Waals surface area (Å²) in [5.41, 5.74) is 0.164. The van der Waals surface area contributed by atoms with Gasteiger partial charge in [0.1, 0.15) is 5.03 Å². The van der Waals surface area contributed by atoms with E-state index in [2.05, 4.69) is 10.3 Å². The molecule has 1 N–H and O–H groups in total. The summed E-state index contributed by atoms with van der Waals surface area (Å²) in [5, 5.41) is 2.25. The molecule has 0 aliphatic carbocycles. The van der Waals surface area contributed by atoms with E-state index >= 15 is 0 Å². The van der Waals surface area contributed by atoms with Crippen LogP contribution in [0.15, 0.2) is 47.6 Å². The van der Waals surface area contributed by atoms with E-state index in [1.807, 2.05) is 0 Å². The maximum atomic E-state index is 12.5. The molecule has 148 valence electrons. The van der Waals surface area contributed by atoms with Gasteiger partial charge in [-0.05, 0) is 43.0 Å². The number of ether oxygens (including phenoxy) is 2. The predicted octanol–water partition coefficient (Wildman–Crippen LogP) is 3.37. The van der Waals surface area contributed by atoms with Crippen LogP contribution in [0, 0.1) is 0 Å². The molecular weight excluding hydrogens is 394 g/mol. The van der Waals surface area contributed by atoms with Gasteiger partial charge < -0.3 is 14.8 Å². The van der Waals surface area contributed by atoms with Crippen LogP contribution >= 0.6 is 11.8 Å². The van der Waals surface area contributed by atoms with Crippen LogP contribution in [0.25, 0.3) is 0 Å². The fourth-order valence-electron chi connectivity index (χ4n) is 2.10. The normalized spacial score (nSPS) is 10.4. The summed E-state index contributed by atoms with van der Waals surface area (Å²) in [5.74, 6) is -5.05. The van der Waals surface area contributed by atoms with E-state index < -0.39 is 30.2 Å². The van der Waals surface area contributed by atoms with E-state index in [4.69, 9.17) is 9.47 Å². The molecule has 0 saturated heterocycles. The number of halogens is 2. The number of benzene rings is 1. The molecule has 10 heteroatoms. The molecule has 0 aliphatic rings. The molecule has 0 atom stereocenters. The lowest BCUT2D eigenvalue weighted by Gasteiger charge is -2.11. The molecule has 7 nitrogen and oxygen atoms in total. The number of amides is 1. The summed E-state index contributed by atoms with van der Waals surface area (Å²) in [6, 6.07) is 8.84. The van der Waals surface area contributed by atoms with Crippen molar-refractivity contribution < 1.29 is 32.6 Å². The first kappa shape index (κ1) is 21.3. The lowest BCUT2D eigenvalue weighted by atomic mass is 10.2. The average molecular weight is 410 g/mol. The Morgan fingerprint density at radius 2 is 1.75 bits per heavy atom. The maximum absolute atomic E-state index is 12.5. The zero-order chi connectivity index (χ0) is 20.5. The molecule has 0 saturated carbocycles. The standard InChI is InChI=1S/C18H16F2N2O5S/c1-2-26-16(24)11-6-3-4-8-13(11)22-14(23)10-27-17(25)12-7-5-9-21-15(12)28-18(19)20/h3-9,18H,2,10H2,1H3,(H,22,23). The Labute approximate surface area is 163 Å². The molecule has 1 heterocycles. The molecule has 1 aromatic carbocycles. The SMILES string of the molecule is CCOC(=O)c1ccccc1NC(=O)COC(=O)c1cccnc1SC(F)F. The Hall–Kier alpha value is -3.01. The van der Waals surface area contributed by atoms with Crippen molar-refractivity contribution in [1.29, 1.82) is 0 Å². The average Bonchev–Trinajstić information content (AvgIpc) is 2.66. The highest BCUT2D eigenvalue weighted by atomic mass is 32.2. The highest BCUT2D eigenvalue weighted by Gasteiger charge is 2.19. The van der Waals surface area contributed by atoms with Crippen LogP contribution in [-0.4, -0.2) is 41.8 Å². The second-order valence-electron chi connectivity index (χ2n) is 5.12. The van der Waals surface area contributed by atoms with Gasteiger partial charge in [0.25, 0.3) is 11.7 Å². The second kappa shape index (κ2) is 10.4. The van der Waals surface area contributed by atoms with Gasteiger partial charge in [-0.1, -0.05) is 12.1 Å². The number of aromatic nitrogens is 1. The van der Waals surface area contributed by atoms with E-state index in [1.165, 1.54) is 30.5 Å². The van der Waals surface area contributed by atoms with Gasteiger partial charge in [-0.3, -0.25) is 4.79 Å². The summed E-state index contributed by atoms with van der Waals surface area (Å²) >= 11 is 0.103. The summed E-state index contributed by atoms with van der Waals surface area (Å²) in [4.78, 5) is 39.8. The number of alkyl halides is 2. The minimum Gasteiger partial charge on any atom is -0.462 e. The number of nitrogens with one attached hydrogen (secondary N) is 1. The first-order chi connectivity index (χ1) is 13.4. The minimum atomic E-state index is -2.76. The number of carbonyl (C=O) groups excluding carboxylic acids is 3. The number of rotatable bonds is 8. The Balaban J connectivity index is 2.00. The number of carbonyl (C=O) groups is 3. The smallest absolute Gasteiger partial charge is 0.341 e. The first-order valence-corrected chi connectivity index (χ1v) is 8.93. The highest BCUT2D eigenvalue weighted by molar-refractivity contribution is 7.99. The summed E-state index contributed by atoms with van der Waals surface area (Å²) in [7, 11) is 0.